The predicted octanol–water partition coefficient (Wildman–Crippen LogP) is 3.32. The molecule has 0 atom stereocenters. The van der Waals surface area contributed by atoms with Crippen molar-refractivity contribution in [1.29, 1.82) is 0 Å². The second-order valence-corrected chi connectivity index (χ2v) is 6.44. The van der Waals surface area contributed by atoms with Crippen LogP contribution in [0.1, 0.15) is 21.5 Å². The van der Waals surface area contributed by atoms with E-state index in [1.807, 2.05) is 0 Å². The number of rotatable bonds is 7. The van der Waals surface area contributed by atoms with E-state index in [0.29, 0.717) is 22.4 Å². The normalized spacial score (nSPS) is 11.2. The van der Waals surface area contributed by atoms with Crippen LogP contribution in [-0.4, -0.2) is 30.2 Å². The van der Waals surface area contributed by atoms with E-state index in [0.717, 1.165) is 0 Å². The van der Waals surface area contributed by atoms with Crippen LogP contribution in [0, 0.1) is 0 Å². The first kappa shape index (κ1) is 21.3. The van der Waals surface area contributed by atoms with E-state index in [1.165, 1.54) is 18.3 Å². The molecule has 0 aromatic heterocycles. The van der Waals surface area contributed by atoms with Gasteiger partial charge in [0.1, 0.15) is 17.2 Å². The molecule has 2 amide bonds. The van der Waals surface area contributed by atoms with Gasteiger partial charge in [-0.15, -0.1) is 0 Å². The lowest BCUT2D eigenvalue weighted by atomic mass is 10.1. The van der Waals surface area contributed by atoms with Crippen LogP contribution in [0.25, 0.3) is 6.08 Å². The molecule has 3 aromatic rings. The van der Waals surface area contributed by atoms with Gasteiger partial charge in [0.2, 0.25) is 0 Å². The third kappa shape index (κ3) is 6.30. The summed E-state index contributed by atoms with van der Waals surface area (Å²) in [6.07, 6.45) is 2.98. The van der Waals surface area contributed by atoms with Crippen molar-refractivity contribution < 1.29 is 19.4 Å². The van der Waals surface area contributed by atoms with Crippen molar-refractivity contribution in [3.8, 4) is 11.5 Å². The Morgan fingerprint density at radius 2 is 1.55 bits per heavy atom. The van der Waals surface area contributed by atoms with Crippen LogP contribution in [0.2, 0.25) is 0 Å². The Labute approximate surface area is 179 Å². The molecule has 0 fully saturated rings. The largest absolute Gasteiger partial charge is 0.508 e. The number of aromatic hydroxyl groups is 1. The maximum atomic E-state index is 12.7. The number of methoxy groups -OCH3 is 1. The Morgan fingerprint density at radius 1 is 0.903 bits per heavy atom. The zero-order valence-corrected chi connectivity index (χ0v) is 16.8. The molecule has 3 rings (SSSR count). The molecule has 0 saturated heterocycles. The Kier molecular flexibility index (Phi) is 7.16. The number of hydrazone groups is 1. The highest BCUT2D eigenvalue weighted by Crippen LogP contribution is 2.14. The molecule has 7 heteroatoms. The van der Waals surface area contributed by atoms with E-state index in [-0.39, 0.29) is 11.4 Å². The first-order chi connectivity index (χ1) is 15.0. The lowest BCUT2D eigenvalue weighted by Gasteiger charge is -2.09. The quantitative estimate of drug-likeness (QED) is 0.313. The average molecular weight is 415 g/mol. The summed E-state index contributed by atoms with van der Waals surface area (Å²) in [6.45, 7) is 0. The fourth-order valence-corrected chi connectivity index (χ4v) is 2.60. The molecule has 31 heavy (non-hydrogen) atoms. The first-order valence-corrected chi connectivity index (χ1v) is 9.40. The monoisotopic (exact) mass is 415 g/mol. The van der Waals surface area contributed by atoms with Gasteiger partial charge in [0.25, 0.3) is 11.8 Å². The van der Waals surface area contributed by atoms with Crippen LogP contribution in [0.15, 0.2) is 89.7 Å². The predicted molar refractivity (Wildman–Crippen MR) is 119 cm³/mol. The number of phenolic OH excluding ortho intramolecular Hbond substituents is 1. The smallest absolute Gasteiger partial charge is 0.287 e. The summed E-state index contributed by atoms with van der Waals surface area (Å²) >= 11 is 0. The molecule has 156 valence electrons. The number of benzene rings is 3. The van der Waals surface area contributed by atoms with Gasteiger partial charge in [-0.05, 0) is 65.7 Å². The summed E-state index contributed by atoms with van der Waals surface area (Å²) in [5.41, 5.74) is 4.24. The molecule has 0 aliphatic carbocycles. The van der Waals surface area contributed by atoms with Crippen molar-refractivity contribution in [3.05, 3.63) is 101 Å². The van der Waals surface area contributed by atoms with Crippen molar-refractivity contribution in [2.24, 2.45) is 5.10 Å². The molecule has 0 aliphatic heterocycles. The van der Waals surface area contributed by atoms with Crippen LogP contribution in [-0.2, 0) is 4.79 Å². The van der Waals surface area contributed by atoms with E-state index in [9.17, 15) is 14.7 Å². The van der Waals surface area contributed by atoms with Crippen molar-refractivity contribution in [3.63, 3.8) is 0 Å². The van der Waals surface area contributed by atoms with Gasteiger partial charge in [-0.3, -0.25) is 9.59 Å². The molecule has 3 N–H and O–H groups in total. The van der Waals surface area contributed by atoms with Crippen molar-refractivity contribution in [1.82, 2.24) is 10.7 Å². The third-order valence-electron chi connectivity index (χ3n) is 4.23. The molecule has 0 aliphatic rings. The SMILES string of the molecule is COc1ccc(C=C(NC(=O)c2ccccc2)C(=O)N/N=C/c2ccc(O)cc2)cc1. The number of nitrogens with zero attached hydrogens (tertiary/aromatic N) is 1. The molecule has 0 spiro atoms. The number of ether oxygens (including phenoxy) is 1. The van der Waals surface area contributed by atoms with Gasteiger partial charge < -0.3 is 15.2 Å². The third-order valence-corrected chi connectivity index (χ3v) is 4.23. The molecule has 0 unspecified atom stereocenters. The van der Waals surface area contributed by atoms with E-state index < -0.39 is 11.8 Å². The molecule has 7 nitrogen and oxygen atoms in total. The van der Waals surface area contributed by atoms with E-state index in [1.54, 1.807) is 79.9 Å². The summed E-state index contributed by atoms with van der Waals surface area (Å²) < 4.78 is 5.14. The minimum atomic E-state index is -0.588. The summed E-state index contributed by atoms with van der Waals surface area (Å²) in [5.74, 6) is -0.197. The van der Waals surface area contributed by atoms with Crippen molar-refractivity contribution in [2.45, 2.75) is 0 Å². The maximum absolute atomic E-state index is 12.7. The van der Waals surface area contributed by atoms with Gasteiger partial charge in [-0.2, -0.15) is 5.10 Å². The van der Waals surface area contributed by atoms with Gasteiger partial charge in [0.15, 0.2) is 0 Å². The Morgan fingerprint density at radius 3 is 2.19 bits per heavy atom. The van der Waals surface area contributed by atoms with Gasteiger partial charge >= 0.3 is 0 Å². The second kappa shape index (κ2) is 10.4. The second-order valence-electron chi connectivity index (χ2n) is 6.44. The minimum Gasteiger partial charge on any atom is -0.508 e. The van der Waals surface area contributed by atoms with Crippen LogP contribution in [0.5, 0.6) is 11.5 Å². The maximum Gasteiger partial charge on any atom is 0.287 e. The number of hydrogen-bond donors (Lipinski definition) is 3. The van der Waals surface area contributed by atoms with Gasteiger partial charge in [-0.1, -0.05) is 30.3 Å². The highest BCUT2D eigenvalue weighted by atomic mass is 16.5. The van der Waals surface area contributed by atoms with Crippen LogP contribution < -0.4 is 15.5 Å². The molecule has 0 radical (unpaired) electrons. The summed E-state index contributed by atoms with van der Waals surface area (Å²) in [7, 11) is 1.57. The number of nitrogens with one attached hydrogen (secondary N) is 2. The van der Waals surface area contributed by atoms with E-state index in [4.69, 9.17) is 4.74 Å². The zero-order valence-electron chi connectivity index (χ0n) is 16.8. The van der Waals surface area contributed by atoms with Crippen LogP contribution in [0.4, 0.5) is 0 Å². The summed E-state index contributed by atoms with van der Waals surface area (Å²) in [6, 6.07) is 21.9. The van der Waals surface area contributed by atoms with Gasteiger partial charge in [0, 0.05) is 5.56 Å². The van der Waals surface area contributed by atoms with Crippen molar-refractivity contribution >= 4 is 24.1 Å². The topological polar surface area (TPSA) is 100 Å². The highest BCUT2D eigenvalue weighted by molar-refractivity contribution is 6.05. The number of carbonyl (C=O) groups is 2. The average Bonchev–Trinajstić information content (AvgIpc) is 2.81. The fraction of sp³-hybridized carbons (Fsp3) is 0.0417. The van der Waals surface area contributed by atoms with Gasteiger partial charge in [0.05, 0.1) is 13.3 Å². The molecule has 0 bridgehead atoms. The molecule has 0 saturated carbocycles. The zero-order chi connectivity index (χ0) is 22.1. The molecular weight excluding hydrogens is 394 g/mol. The van der Waals surface area contributed by atoms with Crippen LogP contribution >= 0.6 is 0 Å². The molecular formula is C24H21N3O4. The Bertz CT molecular complexity index is 1090. The number of hydrogen-bond acceptors (Lipinski definition) is 5. The van der Waals surface area contributed by atoms with E-state index in [2.05, 4.69) is 15.8 Å². The molecule has 0 heterocycles. The molecule has 3 aromatic carbocycles. The minimum absolute atomic E-state index is 0.0295. The standard InChI is InChI=1S/C24H21N3O4/c1-31-21-13-9-17(10-14-21)15-22(26-23(29)19-5-3-2-4-6-19)24(30)27-25-16-18-7-11-20(28)12-8-18/h2-16,28H,1H3,(H,26,29)(H,27,30)/b22-15?,25-16+. The van der Waals surface area contributed by atoms with Crippen LogP contribution in [0.3, 0.4) is 0 Å². The van der Waals surface area contributed by atoms with E-state index >= 15 is 0 Å². The number of carbonyl (C=O) groups excluding carboxylic acids is 2. The van der Waals surface area contributed by atoms with Crippen molar-refractivity contribution in [2.75, 3.05) is 7.11 Å². The lowest BCUT2D eigenvalue weighted by Crippen LogP contribution is -2.32. The Hall–Kier alpha value is -4.39. The highest BCUT2D eigenvalue weighted by Gasteiger charge is 2.14. The number of phenols is 1. The number of amides is 2. The first-order valence-electron chi connectivity index (χ1n) is 9.40. The lowest BCUT2D eigenvalue weighted by molar-refractivity contribution is -0.117. The Balaban J connectivity index is 1.79. The summed E-state index contributed by atoms with van der Waals surface area (Å²) in [4.78, 5) is 25.3. The fourth-order valence-electron chi connectivity index (χ4n) is 2.60. The van der Waals surface area contributed by atoms with Gasteiger partial charge in [-0.25, -0.2) is 5.43 Å². The summed E-state index contributed by atoms with van der Waals surface area (Å²) in [5, 5.41) is 15.9.